The third-order valence-corrected chi connectivity index (χ3v) is 3.20. The number of aromatic carboxylic acids is 1. The average Bonchev–Trinajstić information content (AvgIpc) is 2.96. The highest BCUT2D eigenvalue weighted by Crippen LogP contribution is 2.28. The first-order valence-electron chi connectivity index (χ1n) is 6.73. The van der Waals surface area contributed by atoms with E-state index in [9.17, 15) is 22.8 Å². The van der Waals surface area contributed by atoms with Crippen molar-refractivity contribution in [1.82, 2.24) is 14.8 Å². The Morgan fingerprint density at radius 3 is 2.56 bits per heavy atom. The standard InChI is InChI=1S/C15H8F3N3O4/c16-15(17,18)10-4-5-11(19-7-10)21-14(24)25-12(20-21)8-2-1-3-9(6-8)13(22)23/h1-7H,(H,22,23). The van der Waals surface area contributed by atoms with E-state index in [0.29, 0.717) is 10.9 Å². The number of aromatic nitrogens is 3. The molecule has 0 fully saturated rings. The molecule has 0 unspecified atom stereocenters. The van der Waals surface area contributed by atoms with Crippen LogP contribution in [0.25, 0.3) is 17.3 Å². The van der Waals surface area contributed by atoms with Crippen molar-refractivity contribution in [3.05, 3.63) is 64.3 Å². The third-order valence-electron chi connectivity index (χ3n) is 3.20. The molecule has 0 aliphatic rings. The van der Waals surface area contributed by atoms with Crippen LogP contribution in [0.3, 0.4) is 0 Å². The van der Waals surface area contributed by atoms with Crippen LogP contribution < -0.4 is 5.76 Å². The molecule has 128 valence electrons. The summed E-state index contributed by atoms with van der Waals surface area (Å²) in [6.45, 7) is 0. The van der Waals surface area contributed by atoms with Crippen LogP contribution in [0.1, 0.15) is 15.9 Å². The zero-order valence-electron chi connectivity index (χ0n) is 12.2. The highest BCUT2D eigenvalue weighted by Gasteiger charge is 2.30. The maximum atomic E-state index is 12.5. The number of rotatable bonds is 3. The van der Waals surface area contributed by atoms with Gasteiger partial charge in [-0.1, -0.05) is 6.07 Å². The van der Waals surface area contributed by atoms with Gasteiger partial charge in [0.15, 0.2) is 5.82 Å². The van der Waals surface area contributed by atoms with Crippen molar-refractivity contribution in [3.63, 3.8) is 0 Å². The Morgan fingerprint density at radius 2 is 1.96 bits per heavy atom. The van der Waals surface area contributed by atoms with Gasteiger partial charge in [0.2, 0.25) is 5.89 Å². The molecule has 0 aliphatic heterocycles. The second-order valence-electron chi connectivity index (χ2n) is 4.87. The molecule has 2 heterocycles. The van der Waals surface area contributed by atoms with E-state index in [4.69, 9.17) is 9.52 Å². The summed E-state index contributed by atoms with van der Waals surface area (Å²) in [6, 6.07) is 7.24. The number of halogens is 3. The predicted octanol–water partition coefficient (Wildman–Crippen LogP) is 2.60. The van der Waals surface area contributed by atoms with Crippen molar-refractivity contribution in [2.75, 3.05) is 0 Å². The third kappa shape index (κ3) is 3.27. The zero-order chi connectivity index (χ0) is 18.2. The van der Waals surface area contributed by atoms with Gasteiger partial charge in [-0.05, 0) is 30.3 Å². The molecule has 25 heavy (non-hydrogen) atoms. The Balaban J connectivity index is 2.00. The lowest BCUT2D eigenvalue weighted by molar-refractivity contribution is -0.137. The summed E-state index contributed by atoms with van der Waals surface area (Å²) in [6.07, 6.45) is -3.98. The summed E-state index contributed by atoms with van der Waals surface area (Å²) >= 11 is 0. The first-order valence-corrected chi connectivity index (χ1v) is 6.73. The molecule has 0 saturated heterocycles. The largest absolute Gasteiger partial charge is 0.478 e. The monoisotopic (exact) mass is 351 g/mol. The fourth-order valence-electron chi connectivity index (χ4n) is 2.00. The Labute approximate surface area is 137 Å². The number of pyridine rings is 1. The van der Waals surface area contributed by atoms with Gasteiger partial charge in [0.25, 0.3) is 0 Å². The van der Waals surface area contributed by atoms with Crippen LogP contribution in [0.2, 0.25) is 0 Å². The molecule has 7 nitrogen and oxygen atoms in total. The quantitative estimate of drug-likeness (QED) is 0.779. The number of benzene rings is 1. The van der Waals surface area contributed by atoms with E-state index in [1.807, 2.05) is 0 Å². The summed E-state index contributed by atoms with van der Waals surface area (Å²) in [4.78, 5) is 26.4. The molecule has 0 atom stereocenters. The number of alkyl halides is 3. The minimum Gasteiger partial charge on any atom is -0.478 e. The van der Waals surface area contributed by atoms with Crippen LogP contribution in [-0.4, -0.2) is 25.8 Å². The molecule has 0 amide bonds. The van der Waals surface area contributed by atoms with E-state index in [0.717, 1.165) is 12.1 Å². The van der Waals surface area contributed by atoms with Crippen molar-refractivity contribution in [3.8, 4) is 17.3 Å². The minimum atomic E-state index is -4.55. The van der Waals surface area contributed by atoms with Crippen LogP contribution >= 0.6 is 0 Å². The number of carboxylic acids is 1. The lowest BCUT2D eigenvalue weighted by Gasteiger charge is -2.05. The maximum absolute atomic E-state index is 12.5. The first-order chi connectivity index (χ1) is 11.8. The van der Waals surface area contributed by atoms with Crippen LogP contribution in [0.15, 0.2) is 51.8 Å². The van der Waals surface area contributed by atoms with E-state index in [2.05, 4.69) is 10.1 Å². The van der Waals surface area contributed by atoms with Gasteiger partial charge in [-0.25, -0.2) is 14.6 Å². The smallest absolute Gasteiger partial charge is 0.443 e. The van der Waals surface area contributed by atoms with Crippen molar-refractivity contribution < 1.29 is 27.5 Å². The molecule has 0 radical (unpaired) electrons. The molecule has 10 heteroatoms. The van der Waals surface area contributed by atoms with E-state index in [1.54, 1.807) is 0 Å². The van der Waals surface area contributed by atoms with Crippen molar-refractivity contribution in [1.29, 1.82) is 0 Å². The lowest BCUT2D eigenvalue weighted by atomic mass is 10.1. The van der Waals surface area contributed by atoms with Gasteiger partial charge >= 0.3 is 17.9 Å². The Bertz CT molecular complexity index is 990. The predicted molar refractivity (Wildman–Crippen MR) is 77.3 cm³/mol. The molecule has 0 saturated carbocycles. The van der Waals surface area contributed by atoms with E-state index in [-0.39, 0.29) is 22.8 Å². The summed E-state index contributed by atoms with van der Waals surface area (Å²) < 4.78 is 43.2. The number of hydrogen-bond donors (Lipinski definition) is 1. The minimum absolute atomic E-state index is 0.0395. The molecule has 2 aromatic heterocycles. The van der Waals surface area contributed by atoms with Gasteiger partial charge in [-0.15, -0.1) is 9.78 Å². The van der Waals surface area contributed by atoms with Gasteiger partial charge < -0.3 is 9.52 Å². The Hall–Kier alpha value is -3.43. The van der Waals surface area contributed by atoms with Crippen molar-refractivity contribution in [2.45, 2.75) is 6.18 Å². The van der Waals surface area contributed by atoms with Crippen LogP contribution in [0, 0.1) is 0 Å². The number of nitrogens with zero attached hydrogens (tertiary/aromatic N) is 3. The SMILES string of the molecule is O=C(O)c1cccc(-c2nn(-c3ccc(C(F)(F)F)cn3)c(=O)o2)c1. The molecule has 0 spiro atoms. The molecule has 3 aromatic rings. The van der Waals surface area contributed by atoms with Crippen LogP contribution in [0.5, 0.6) is 0 Å². The molecule has 1 N–H and O–H groups in total. The number of carbonyl (C=O) groups is 1. The summed E-state index contributed by atoms with van der Waals surface area (Å²) in [5.41, 5.74) is -0.785. The normalized spacial score (nSPS) is 11.5. The molecular weight excluding hydrogens is 343 g/mol. The van der Waals surface area contributed by atoms with E-state index < -0.39 is 23.5 Å². The van der Waals surface area contributed by atoms with Crippen molar-refractivity contribution >= 4 is 5.97 Å². The molecule has 3 rings (SSSR count). The first kappa shape index (κ1) is 16.4. The van der Waals surface area contributed by atoms with Crippen LogP contribution in [-0.2, 0) is 6.18 Å². The molecule has 0 aliphatic carbocycles. The maximum Gasteiger partial charge on any atom is 0.443 e. The molecule has 1 aromatic carbocycles. The average molecular weight is 351 g/mol. The van der Waals surface area contributed by atoms with Gasteiger partial charge in [-0.3, -0.25) is 0 Å². The van der Waals surface area contributed by atoms with Gasteiger partial charge in [0.1, 0.15) is 0 Å². The fraction of sp³-hybridized carbons (Fsp3) is 0.0667. The van der Waals surface area contributed by atoms with E-state index in [1.165, 1.54) is 24.3 Å². The van der Waals surface area contributed by atoms with Gasteiger partial charge in [0.05, 0.1) is 11.1 Å². The Morgan fingerprint density at radius 1 is 1.20 bits per heavy atom. The highest BCUT2D eigenvalue weighted by molar-refractivity contribution is 5.88. The second-order valence-corrected chi connectivity index (χ2v) is 4.87. The molecule has 0 bridgehead atoms. The number of hydrogen-bond acceptors (Lipinski definition) is 5. The Kier molecular flexibility index (Phi) is 3.87. The fourth-order valence-corrected chi connectivity index (χ4v) is 2.00. The van der Waals surface area contributed by atoms with E-state index >= 15 is 0 Å². The highest BCUT2D eigenvalue weighted by atomic mass is 19.4. The van der Waals surface area contributed by atoms with Gasteiger partial charge in [0, 0.05) is 11.8 Å². The topological polar surface area (TPSA) is 98.2 Å². The summed E-state index contributed by atoms with van der Waals surface area (Å²) in [7, 11) is 0. The lowest BCUT2D eigenvalue weighted by Crippen LogP contribution is -2.15. The zero-order valence-corrected chi connectivity index (χ0v) is 12.2. The van der Waals surface area contributed by atoms with Crippen molar-refractivity contribution in [2.24, 2.45) is 0 Å². The molecular formula is C15H8F3N3O4. The van der Waals surface area contributed by atoms with Crippen LogP contribution in [0.4, 0.5) is 13.2 Å². The summed E-state index contributed by atoms with van der Waals surface area (Å²) in [5, 5.41) is 12.8. The summed E-state index contributed by atoms with van der Waals surface area (Å²) in [5.74, 6) is -2.49. The van der Waals surface area contributed by atoms with Gasteiger partial charge in [-0.2, -0.15) is 13.2 Å². The second kappa shape index (κ2) is 5.89. The number of carboxylic acid groups (broad SMARTS) is 1.